The molecule has 1 heterocycles. The number of halogens is 2. The van der Waals surface area contributed by atoms with Crippen LogP contribution < -0.4 is 10.6 Å². The number of hydrogen-bond acceptors (Lipinski definition) is 3. The lowest BCUT2D eigenvalue weighted by Crippen LogP contribution is -2.47. The number of benzene rings is 1. The predicted octanol–water partition coefficient (Wildman–Crippen LogP) is 2.58. The first-order chi connectivity index (χ1) is 13.9. The fourth-order valence-electron chi connectivity index (χ4n) is 4.06. The van der Waals surface area contributed by atoms with Gasteiger partial charge in [0, 0.05) is 38.6 Å². The van der Waals surface area contributed by atoms with Crippen LogP contribution in [0.1, 0.15) is 38.2 Å². The van der Waals surface area contributed by atoms with Crippen molar-refractivity contribution in [3.63, 3.8) is 0 Å². The van der Waals surface area contributed by atoms with E-state index in [4.69, 9.17) is 0 Å². The Morgan fingerprint density at radius 1 is 1.30 bits per heavy atom. The Morgan fingerprint density at radius 3 is 2.67 bits per heavy atom. The van der Waals surface area contributed by atoms with Gasteiger partial charge in [0.15, 0.2) is 5.96 Å². The second kappa shape index (κ2) is 11.3. The Hall–Kier alpha value is -1.42. The van der Waals surface area contributed by atoms with Gasteiger partial charge >= 0.3 is 0 Å². The smallest absolute Gasteiger partial charge is 0.243 e. The van der Waals surface area contributed by atoms with E-state index in [1.165, 1.54) is 18.9 Å². The quantitative estimate of drug-likeness (QED) is 0.308. The molecule has 0 radical (unpaired) electrons. The number of hydrogen-bond donors (Lipinski definition) is 2. The largest absolute Gasteiger partial charge is 0.355 e. The van der Waals surface area contributed by atoms with E-state index in [0.29, 0.717) is 18.5 Å². The van der Waals surface area contributed by atoms with Crippen molar-refractivity contribution in [1.29, 1.82) is 0 Å². The number of nitrogens with one attached hydrogen (secondary N) is 2. The van der Waals surface area contributed by atoms with Gasteiger partial charge in [-0.15, -0.1) is 24.0 Å². The van der Waals surface area contributed by atoms with Gasteiger partial charge in [-0.3, -0.25) is 9.69 Å². The summed E-state index contributed by atoms with van der Waals surface area (Å²) >= 11 is 0. The minimum absolute atomic E-state index is 0. The summed E-state index contributed by atoms with van der Waals surface area (Å²) in [6.07, 6.45) is 4.30. The first-order valence-corrected chi connectivity index (χ1v) is 10.7. The molecular formula is C22H35FIN5O. The number of likely N-dealkylation sites (tertiary alicyclic amines) is 1. The van der Waals surface area contributed by atoms with Crippen LogP contribution in [0.25, 0.3) is 0 Å². The fraction of sp³-hybridized carbons (Fsp3) is 0.636. The minimum Gasteiger partial charge on any atom is -0.355 e. The molecule has 0 aromatic heterocycles. The summed E-state index contributed by atoms with van der Waals surface area (Å²) in [5, 5.41) is 6.80. The third-order valence-corrected chi connectivity index (χ3v) is 6.17. The average Bonchev–Trinajstić information content (AvgIpc) is 3.36. The number of amides is 1. The molecule has 2 aliphatic rings. The Kier molecular flexibility index (Phi) is 9.33. The number of guanidine groups is 1. The number of carbonyl (C=O) groups is 1. The molecule has 8 heteroatoms. The van der Waals surface area contributed by atoms with Crippen molar-refractivity contribution in [2.45, 2.75) is 44.1 Å². The van der Waals surface area contributed by atoms with Gasteiger partial charge in [-0.2, -0.15) is 0 Å². The highest BCUT2D eigenvalue weighted by atomic mass is 127. The van der Waals surface area contributed by atoms with Crippen LogP contribution in [-0.2, 0) is 10.2 Å². The lowest BCUT2D eigenvalue weighted by Gasteiger charge is -2.25. The second-order valence-electron chi connectivity index (χ2n) is 8.37. The molecular weight excluding hydrogens is 496 g/mol. The number of rotatable bonds is 8. The molecule has 1 amide bonds. The predicted molar refractivity (Wildman–Crippen MR) is 130 cm³/mol. The van der Waals surface area contributed by atoms with Crippen LogP contribution in [0.4, 0.5) is 4.39 Å². The molecule has 0 bridgehead atoms. The molecule has 2 fully saturated rings. The van der Waals surface area contributed by atoms with Crippen LogP contribution in [0.15, 0.2) is 29.3 Å². The van der Waals surface area contributed by atoms with E-state index in [2.05, 4.69) is 27.4 Å². The highest BCUT2D eigenvalue weighted by Gasteiger charge is 2.45. The summed E-state index contributed by atoms with van der Waals surface area (Å²) in [5.74, 6) is 0.439. The monoisotopic (exact) mass is 531 g/mol. The second-order valence-corrected chi connectivity index (χ2v) is 8.37. The van der Waals surface area contributed by atoms with Crippen LogP contribution in [0.5, 0.6) is 0 Å². The van der Waals surface area contributed by atoms with Crippen molar-refractivity contribution in [2.75, 3.05) is 46.8 Å². The first-order valence-electron chi connectivity index (χ1n) is 10.7. The maximum absolute atomic E-state index is 14.3. The molecule has 1 saturated heterocycles. The summed E-state index contributed by atoms with van der Waals surface area (Å²) in [6.45, 7) is 5.87. The Labute approximate surface area is 196 Å². The van der Waals surface area contributed by atoms with Gasteiger partial charge in [-0.1, -0.05) is 25.1 Å². The molecule has 1 saturated carbocycles. The van der Waals surface area contributed by atoms with Gasteiger partial charge in [-0.25, -0.2) is 9.38 Å². The SMILES string of the molecule is CCN1CCCC1CNC(=NCC(=O)N(C)C)NCC1(c2ccccc2F)CC1.I. The summed E-state index contributed by atoms with van der Waals surface area (Å²) in [6, 6.07) is 7.50. The minimum atomic E-state index is -0.178. The molecule has 3 rings (SSSR count). The molecule has 168 valence electrons. The Balaban J connectivity index is 0.00000320. The van der Waals surface area contributed by atoms with Crippen molar-refractivity contribution in [3.8, 4) is 0 Å². The third kappa shape index (κ3) is 6.29. The molecule has 6 nitrogen and oxygen atoms in total. The van der Waals surface area contributed by atoms with E-state index in [-0.39, 0.29) is 47.7 Å². The number of aliphatic imine (C=N–C) groups is 1. The van der Waals surface area contributed by atoms with E-state index in [1.807, 2.05) is 12.1 Å². The summed E-state index contributed by atoms with van der Waals surface area (Å²) in [5.41, 5.74) is 0.589. The molecule has 1 atom stereocenters. The Bertz CT molecular complexity index is 738. The van der Waals surface area contributed by atoms with E-state index < -0.39 is 0 Å². The molecule has 30 heavy (non-hydrogen) atoms. The van der Waals surface area contributed by atoms with E-state index in [9.17, 15) is 9.18 Å². The molecule has 1 aromatic rings. The van der Waals surface area contributed by atoms with Gasteiger partial charge in [0.25, 0.3) is 0 Å². The maximum atomic E-state index is 14.3. The van der Waals surface area contributed by atoms with Crippen LogP contribution >= 0.6 is 24.0 Å². The van der Waals surface area contributed by atoms with Gasteiger partial charge < -0.3 is 15.5 Å². The van der Waals surface area contributed by atoms with Gasteiger partial charge in [-0.05, 0) is 50.4 Å². The molecule has 1 aliphatic carbocycles. The fourth-order valence-corrected chi connectivity index (χ4v) is 4.06. The highest BCUT2D eigenvalue weighted by Crippen LogP contribution is 2.48. The number of likely N-dealkylation sites (N-methyl/N-ethyl adjacent to an activating group) is 2. The Morgan fingerprint density at radius 2 is 2.03 bits per heavy atom. The summed E-state index contributed by atoms with van der Waals surface area (Å²) < 4.78 is 14.3. The summed E-state index contributed by atoms with van der Waals surface area (Å²) in [7, 11) is 3.46. The zero-order valence-corrected chi connectivity index (χ0v) is 20.6. The zero-order valence-electron chi connectivity index (χ0n) is 18.3. The van der Waals surface area contributed by atoms with Crippen LogP contribution in [-0.4, -0.2) is 74.5 Å². The van der Waals surface area contributed by atoms with Crippen molar-refractivity contribution in [3.05, 3.63) is 35.6 Å². The van der Waals surface area contributed by atoms with Gasteiger partial charge in [0.2, 0.25) is 5.91 Å². The lowest BCUT2D eigenvalue weighted by molar-refractivity contribution is -0.127. The topological polar surface area (TPSA) is 60.0 Å². The lowest BCUT2D eigenvalue weighted by atomic mass is 9.95. The molecule has 1 aromatic carbocycles. The van der Waals surface area contributed by atoms with E-state index >= 15 is 0 Å². The number of carbonyl (C=O) groups excluding carboxylic acids is 1. The van der Waals surface area contributed by atoms with E-state index in [0.717, 1.165) is 38.0 Å². The highest BCUT2D eigenvalue weighted by molar-refractivity contribution is 14.0. The summed E-state index contributed by atoms with van der Waals surface area (Å²) in [4.78, 5) is 20.5. The first kappa shape index (κ1) is 24.8. The van der Waals surface area contributed by atoms with Crippen molar-refractivity contribution >= 4 is 35.8 Å². The zero-order chi connectivity index (χ0) is 20.9. The number of nitrogens with zero attached hydrogens (tertiary/aromatic N) is 3. The molecule has 1 unspecified atom stereocenters. The maximum Gasteiger partial charge on any atom is 0.243 e. The van der Waals surface area contributed by atoms with Crippen molar-refractivity contribution in [2.24, 2.45) is 4.99 Å². The van der Waals surface area contributed by atoms with Crippen LogP contribution in [0.3, 0.4) is 0 Å². The molecule has 1 aliphatic heterocycles. The van der Waals surface area contributed by atoms with Crippen molar-refractivity contribution < 1.29 is 9.18 Å². The normalized spacial score (nSPS) is 20.4. The standard InChI is InChI=1S/C22H34FN5O.HI/c1-4-28-13-7-8-17(28)14-24-21(25-15-20(29)27(2)3)26-16-22(11-12-22)18-9-5-6-10-19(18)23;/h5-6,9-10,17H,4,7-8,11-16H2,1-3H3,(H2,24,25,26);1H. The molecule has 2 N–H and O–H groups in total. The third-order valence-electron chi connectivity index (χ3n) is 6.17. The molecule has 0 spiro atoms. The van der Waals surface area contributed by atoms with Crippen LogP contribution in [0.2, 0.25) is 0 Å². The van der Waals surface area contributed by atoms with Gasteiger partial charge in [0.05, 0.1) is 0 Å². The van der Waals surface area contributed by atoms with Crippen molar-refractivity contribution in [1.82, 2.24) is 20.4 Å². The van der Waals surface area contributed by atoms with Gasteiger partial charge in [0.1, 0.15) is 12.4 Å². The van der Waals surface area contributed by atoms with Crippen LogP contribution in [0, 0.1) is 5.82 Å². The average molecular weight is 531 g/mol. The van der Waals surface area contributed by atoms with E-state index in [1.54, 1.807) is 25.1 Å².